The second kappa shape index (κ2) is 6.18. The molecule has 4 nitrogen and oxygen atoms in total. The lowest BCUT2D eigenvalue weighted by Gasteiger charge is -2.20. The molecule has 3 rings (SSSR count). The summed E-state index contributed by atoms with van der Waals surface area (Å²) in [6, 6.07) is 7.74. The Labute approximate surface area is 130 Å². The number of amides is 1. The monoisotopic (exact) mass is 296 g/mol. The minimum Gasteiger partial charge on any atom is -0.485 e. The van der Waals surface area contributed by atoms with Crippen LogP contribution in [0.15, 0.2) is 47.5 Å². The number of benzene rings is 1. The van der Waals surface area contributed by atoms with E-state index in [1.165, 1.54) is 6.92 Å². The summed E-state index contributed by atoms with van der Waals surface area (Å²) in [7, 11) is 0. The molecular formula is C18H20N2O2. The maximum atomic E-state index is 11.2. The largest absolute Gasteiger partial charge is 0.485 e. The molecule has 1 N–H and O–H groups in total. The quantitative estimate of drug-likeness (QED) is 0.929. The first-order valence-electron chi connectivity index (χ1n) is 7.63. The smallest absolute Gasteiger partial charge is 0.221 e. The van der Waals surface area contributed by atoms with Crippen molar-refractivity contribution in [1.82, 2.24) is 0 Å². The Morgan fingerprint density at radius 2 is 2.32 bits per heavy atom. The molecule has 1 aromatic rings. The van der Waals surface area contributed by atoms with Crippen molar-refractivity contribution in [3.63, 3.8) is 0 Å². The van der Waals surface area contributed by atoms with Crippen molar-refractivity contribution in [3.8, 4) is 0 Å². The van der Waals surface area contributed by atoms with Gasteiger partial charge in [0, 0.05) is 36.3 Å². The molecule has 114 valence electrons. The molecule has 1 amide bonds. The van der Waals surface area contributed by atoms with Gasteiger partial charge in [0.05, 0.1) is 0 Å². The first-order valence-corrected chi connectivity index (χ1v) is 7.63. The summed E-state index contributed by atoms with van der Waals surface area (Å²) in [5.41, 5.74) is 2.91. The molecule has 0 aromatic heterocycles. The first kappa shape index (κ1) is 14.6. The summed E-state index contributed by atoms with van der Waals surface area (Å²) < 4.78 is 6.04. The highest BCUT2D eigenvalue weighted by Crippen LogP contribution is 2.36. The summed E-state index contributed by atoms with van der Waals surface area (Å²) >= 11 is 0. The van der Waals surface area contributed by atoms with Crippen LogP contribution in [0.25, 0.3) is 5.76 Å². The molecule has 1 heterocycles. The topological polar surface area (TPSA) is 50.7 Å². The lowest BCUT2D eigenvalue weighted by atomic mass is 9.91. The fourth-order valence-corrected chi connectivity index (χ4v) is 2.87. The number of carbonyl (C=O) groups is 1. The molecule has 2 unspecified atom stereocenters. The first-order chi connectivity index (χ1) is 10.7. The predicted molar refractivity (Wildman–Crippen MR) is 88.8 cm³/mol. The van der Waals surface area contributed by atoms with Gasteiger partial charge < -0.3 is 10.1 Å². The maximum Gasteiger partial charge on any atom is 0.221 e. The molecule has 0 radical (unpaired) electrons. The van der Waals surface area contributed by atoms with Crippen LogP contribution in [0.1, 0.15) is 25.8 Å². The molecule has 1 aliphatic carbocycles. The van der Waals surface area contributed by atoms with E-state index in [9.17, 15) is 4.79 Å². The van der Waals surface area contributed by atoms with E-state index in [-0.39, 0.29) is 12.0 Å². The number of nitrogens with zero attached hydrogens (tertiary/aromatic N) is 1. The highest BCUT2D eigenvalue weighted by Gasteiger charge is 2.31. The van der Waals surface area contributed by atoms with E-state index < -0.39 is 0 Å². The third-order valence-corrected chi connectivity index (χ3v) is 3.80. The lowest BCUT2D eigenvalue weighted by Crippen LogP contribution is -2.21. The van der Waals surface area contributed by atoms with Gasteiger partial charge in [-0.2, -0.15) is 0 Å². The van der Waals surface area contributed by atoms with Crippen LogP contribution in [-0.4, -0.2) is 24.3 Å². The zero-order valence-electron chi connectivity index (χ0n) is 12.9. The van der Waals surface area contributed by atoms with Gasteiger partial charge in [-0.3, -0.25) is 9.79 Å². The average molecular weight is 296 g/mol. The summed E-state index contributed by atoms with van der Waals surface area (Å²) in [5, 5.41) is 2.80. The van der Waals surface area contributed by atoms with E-state index >= 15 is 0 Å². The minimum absolute atomic E-state index is 0.0736. The summed E-state index contributed by atoms with van der Waals surface area (Å²) in [6.07, 6.45) is 7.34. The van der Waals surface area contributed by atoms with Crippen molar-refractivity contribution in [2.75, 3.05) is 11.9 Å². The van der Waals surface area contributed by atoms with E-state index in [0.29, 0.717) is 5.92 Å². The van der Waals surface area contributed by atoms with Crippen LogP contribution in [-0.2, 0) is 9.53 Å². The Bertz CT molecular complexity index is 673. The molecule has 22 heavy (non-hydrogen) atoms. The Balaban J connectivity index is 1.80. The predicted octanol–water partition coefficient (Wildman–Crippen LogP) is 3.42. The molecule has 2 atom stereocenters. The van der Waals surface area contributed by atoms with Crippen molar-refractivity contribution in [2.45, 2.75) is 26.4 Å². The second-order valence-corrected chi connectivity index (χ2v) is 5.57. The van der Waals surface area contributed by atoms with Crippen LogP contribution in [0.4, 0.5) is 5.69 Å². The zero-order valence-corrected chi connectivity index (χ0v) is 12.9. The van der Waals surface area contributed by atoms with Crippen LogP contribution in [0.5, 0.6) is 0 Å². The lowest BCUT2D eigenvalue weighted by molar-refractivity contribution is -0.114. The number of rotatable bonds is 3. The Hall–Kier alpha value is -2.36. The van der Waals surface area contributed by atoms with Crippen LogP contribution < -0.4 is 5.32 Å². The molecule has 0 saturated heterocycles. The van der Waals surface area contributed by atoms with Crippen molar-refractivity contribution in [1.29, 1.82) is 0 Å². The molecule has 1 aromatic carbocycles. The summed E-state index contributed by atoms with van der Waals surface area (Å²) in [5.74, 6) is 1.15. The van der Waals surface area contributed by atoms with Gasteiger partial charge in [0.25, 0.3) is 0 Å². The van der Waals surface area contributed by atoms with Crippen molar-refractivity contribution < 1.29 is 9.53 Å². The maximum absolute atomic E-state index is 11.2. The molecular weight excluding hydrogens is 276 g/mol. The minimum atomic E-state index is -0.0736. The van der Waals surface area contributed by atoms with E-state index in [1.807, 2.05) is 31.2 Å². The summed E-state index contributed by atoms with van der Waals surface area (Å²) in [4.78, 5) is 15.7. The van der Waals surface area contributed by atoms with Gasteiger partial charge in [-0.05, 0) is 43.7 Å². The highest BCUT2D eigenvalue weighted by molar-refractivity contribution is 5.96. The molecule has 0 spiro atoms. The molecule has 0 fully saturated rings. The van der Waals surface area contributed by atoms with Crippen LogP contribution in [0, 0.1) is 5.92 Å². The third kappa shape index (κ3) is 3.11. The standard InChI is InChI=1S/C18H20N2O2/c1-3-19-15-7-8-17-14(10-15)11-18(22-17)13-5-4-6-16(9-13)20-12(2)21/h4-9,11,14,17H,3,10H2,1-2H3,(H,20,21). The van der Waals surface area contributed by atoms with E-state index in [4.69, 9.17) is 4.74 Å². The van der Waals surface area contributed by atoms with Gasteiger partial charge in [0.2, 0.25) is 5.91 Å². The Morgan fingerprint density at radius 1 is 1.45 bits per heavy atom. The number of carbonyl (C=O) groups excluding carboxylic acids is 1. The number of allylic oxidation sites excluding steroid dienone is 1. The van der Waals surface area contributed by atoms with Gasteiger partial charge in [-0.1, -0.05) is 12.1 Å². The number of nitrogens with one attached hydrogen (secondary N) is 1. The molecule has 0 bridgehead atoms. The second-order valence-electron chi connectivity index (χ2n) is 5.57. The van der Waals surface area contributed by atoms with E-state index in [0.717, 1.165) is 35.7 Å². The number of aliphatic imine (C=N–C) groups is 1. The fourth-order valence-electron chi connectivity index (χ4n) is 2.87. The Morgan fingerprint density at radius 3 is 3.09 bits per heavy atom. The molecule has 4 heteroatoms. The molecule has 1 aliphatic heterocycles. The number of fused-ring (bicyclic) bond motifs is 1. The molecule has 0 saturated carbocycles. The van der Waals surface area contributed by atoms with Gasteiger partial charge in [0.1, 0.15) is 11.9 Å². The van der Waals surface area contributed by atoms with Gasteiger partial charge in [0.15, 0.2) is 0 Å². The number of anilines is 1. The van der Waals surface area contributed by atoms with Crippen LogP contribution in [0.3, 0.4) is 0 Å². The van der Waals surface area contributed by atoms with Crippen molar-refractivity contribution in [3.05, 3.63) is 48.1 Å². The van der Waals surface area contributed by atoms with E-state index in [2.05, 4.69) is 28.5 Å². The average Bonchev–Trinajstić information content (AvgIpc) is 2.90. The number of hydrogen-bond acceptors (Lipinski definition) is 3. The number of ether oxygens (including phenoxy) is 1. The third-order valence-electron chi connectivity index (χ3n) is 3.80. The SMILES string of the molecule is CCN=C1C=CC2OC(c3cccc(NC(C)=O)c3)=CC2C1. The number of hydrogen-bond donors (Lipinski definition) is 1. The van der Waals surface area contributed by atoms with Gasteiger partial charge >= 0.3 is 0 Å². The fraction of sp³-hybridized carbons (Fsp3) is 0.333. The van der Waals surface area contributed by atoms with Crippen molar-refractivity contribution in [2.24, 2.45) is 10.9 Å². The van der Waals surface area contributed by atoms with Gasteiger partial charge in [-0.25, -0.2) is 0 Å². The highest BCUT2D eigenvalue weighted by atomic mass is 16.5. The summed E-state index contributed by atoms with van der Waals surface area (Å²) in [6.45, 7) is 4.37. The van der Waals surface area contributed by atoms with Crippen LogP contribution in [0.2, 0.25) is 0 Å². The van der Waals surface area contributed by atoms with Crippen molar-refractivity contribution >= 4 is 23.1 Å². The zero-order chi connectivity index (χ0) is 15.5. The Kier molecular flexibility index (Phi) is 4.09. The normalized spacial score (nSPS) is 24.6. The molecule has 2 aliphatic rings. The van der Waals surface area contributed by atoms with Crippen LogP contribution >= 0.6 is 0 Å². The van der Waals surface area contributed by atoms with Gasteiger partial charge in [-0.15, -0.1) is 0 Å². The van der Waals surface area contributed by atoms with E-state index in [1.54, 1.807) is 0 Å².